The van der Waals surface area contributed by atoms with E-state index in [4.69, 9.17) is 23.2 Å². The zero-order valence-electron chi connectivity index (χ0n) is 11.0. The van der Waals surface area contributed by atoms with Gasteiger partial charge >= 0.3 is 0 Å². The van der Waals surface area contributed by atoms with Crippen molar-refractivity contribution in [1.29, 1.82) is 0 Å². The molecule has 2 rings (SSSR count). The summed E-state index contributed by atoms with van der Waals surface area (Å²) in [5.74, 6) is 0.780. The standard InChI is InChI=1S/C14H18Cl2N2O/c1-10-5-7-18(8-6-10)9-13(19)17-12-4-2-3-11(15)14(12)16/h2-4,10H,5-9H2,1H3,(H,17,19)/p+1. The van der Waals surface area contributed by atoms with E-state index in [-0.39, 0.29) is 5.91 Å². The van der Waals surface area contributed by atoms with Gasteiger partial charge in [0.05, 0.1) is 28.8 Å². The molecule has 0 aromatic heterocycles. The molecule has 0 radical (unpaired) electrons. The Hall–Kier alpha value is -0.770. The molecule has 19 heavy (non-hydrogen) atoms. The van der Waals surface area contributed by atoms with Crippen LogP contribution in [0.15, 0.2) is 18.2 Å². The molecule has 1 aromatic rings. The lowest BCUT2D eigenvalue weighted by Crippen LogP contribution is -3.14. The predicted molar refractivity (Wildman–Crippen MR) is 79.1 cm³/mol. The summed E-state index contributed by atoms with van der Waals surface area (Å²) in [5.41, 5.74) is 0.587. The molecule has 0 spiro atoms. The van der Waals surface area contributed by atoms with Gasteiger partial charge in [0.25, 0.3) is 5.91 Å². The quantitative estimate of drug-likeness (QED) is 0.882. The highest BCUT2D eigenvalue weighted by Gasteiger charge is 2.21. The first kappa shape index (κ1) is 14.6. The number of quaternary nitrogens is 1. The first-order valence-electron chi connectivity index (χ1n) is 6.63. The third-order valence-electron chi connectivity index (χ3n) is 3.62. The molecule has 1 aliphatic rings. The fraction of sp³-hybridized carbons (Fsp3) is 0.500. The Bertz CT molecular complexity index is 457. The van der Waals surface area contributed by atoms with Gasteiger partial charge in [0, 0.05) is 0 Å². The highest BCUT2D eigenvalue weighted by atomic mass is 35.5. The zero-order chi connectivity index (χ0) is 13.8. The van der Waals surface area contributed by atoms with E-state index < -0.39 is 0 Å². The highest BCUT2D eigenvalue weighted by molar-refractivity contribution is 6.43. The van der Waals surface area contributed by atoms with Crippen LogP contribution in [0, 0.1) is 5.92 Å². The maximum absolute atomic E-state index is 12.0. The summed E-state index contributed by atoms with van der Waals surface area (Å²) in [4.78, 5) is 13.3. The van der Waals surface area contributed by atoms with Crippen LogP contribution in [0.2, 0.25) is 10.0 Å². The van der Waals surface area contributed by atoms with Gasteiger partial charge in [0.1, 0.15) is 0 Å². The van der Waals surface area contributed by atoms with Crippen molar-refractivity contribution in [3.05, 3.63) is 28.2 Å². The molecule has 0 unspecified atom stereocenters. The number of rotatable bonds is 3. The van der Waals surface area contributed by atoms with Crippen molar-refractivity contribution >= 4 is 34.8 Å². The minimum atomic E-state index is -0.00582. The van der Waals surface area contributed by atoms with Gasteiger partial charge in [-0.3, -0.25) is 4.79 Å². The number of carbonyl (C=O) groups excluding carboxylic acids is 1. The molecule has 1 fully saturated rings. The summed E-state index contributed by atoms with van der Waals surface area (Å²) >= 11 is 12.0. The summed E-state index contributed by atoms with van der Waals surface area (Å²) in [5, 5.41) is 3.69. The third-order valence-corrected chi connectivity index (χ3v) is 4.44. The molecular formula is C14H19Cl2N2O+. The zero-order valence-corrected chi connectivity index (χ0v) is 12.5. The van der Waals surface area contributed by atoms with Gasteiger partial charge in [-0.2, -0.15) is 0 Å². The Labute approximate surface area is 123 Å². The lowest BCUT2D eigenvalue weighted by molar-refractivity contribution is -0.897. The van der Waals surface area contributed by atoms with Crippen LogP contribution in [0.3, 0.4) is 0 Å². The number of piperidine rings is 1. The SMILES string of the molecule is CC1CC[NH+](CC(=O)Nc2cccc(Cl)c2Cl)CC1. The van der Waals surface area contributed by atoms with Crippen molar-refractivity contribution in [2.24, 2.45) is 5.92 Å². The minimum Gasteiger partial charge on any atom is -0.327 e. The first-order valence-corrected chi connectivity index (χ1v) is 7.39. The van der Waals surface area contributed by atoms with Crippen LogP contribution < -0.4 is 10.2 Å². The molecule has 1 aromatic carbocycles. The number of hydrogen-bond acceptors (Lipinski definition) is 1. The molecular weight excluding hydrogens is 283 g/mol. The highest BCUT2D eigenvalue weighted by Crippen LogP contribution is 2.29. The largest absolute Gasteiger partial charge is 0.327 e. The molecule has 0 bridgehead atoms. The van der Waals surface area contributed by atoms with Gasteiger partial charge in [-0.25, -0.2) is 0 Å². The molecule has 1 saturated heterocycles. The van der Waals surface area contributed by atoms with E-state index in [1.165, 1.54) is 17.7 Å². The smallest absolute Gasteiger partial charge is 0.279 e. The Morgan fingerprint density at radius 2 is 2.05 bits per heavy atom. The topological polar surface area (TPSA) is 33.5 Å². The van der Waals surface area contributed by atoms with Crippen LogP contribution in [-0.2, 0) is 4.79 Å². The van der Waals surface area contributed by atoms with Gasteiger partial charge in [-0.1, -0.05) is 36.2 Å². The van der Waals surface area contributed by atoms with E-state index in [2.05, 4.69) is 12.2 Å². The number of hydrogen-bond donors (Lipinski definition) is 2. The van der Waals surface area contributed by atoms with E-state index >= 15 is 0 Å². The van der Waals surface area contributed by atoms with Crippen LogP contribution in [-0.4, -0.2) is 25.5 Å². The van der Waals surface area contributed by atoms with Gasteiger partial charge < -0.3 is 10.2 Å². The third kappa shape index (κ3) is 4.10. The second-order valence-electron chi connectivity index (χ2n) is 5.26. The lowest BCUT2D eigenvalue weighted by Gasteiger charge is -2.26. The number of carbonyl (C=O) groups is 1. The summed E-state index contributed by atoms with van der Waals surface area (Å²) in [6, 6.07) is 5.25. The minimum absolute atomic E-state index is 0.00582. The average Bonchev–Trinajstić information content (AvgIpc) is 2.38. The maximum atomic E-state index is 12.0. The maximum Gasteiger partial charge on any atom is 0.279 e. The Balaban J connectivity index is 1.89. The predicted octanol–water partition coefficient (Wildman–Crippen LogP) is 2.25. The van der Waals surface area contributed by atoms with Crippen LogP contribution in [0.25, 0.3) is 0 Å². The monoisotopic (exact) mass is 301 g/mol. The molecule has 5 heteroatoms. The molecule has 1 heterocycles. The number of benzene rings is 1. The Morgan fingerprint density at radius 1 is 1.37 bits per heavy atom. The van der Waals surface area contributed by atoms with E-state index in [1.54, 1.807) is 18.2 Å². The molecule has 1 aliphatic heterocycles. The first-order chi connectivity index (χ1) is 9.06. The fourth-order valence-electron chi connectivity index (χ4n) is 2.37. The van der Waals surface area contributed by atoms with E-state index in [1.807, 2.05) is 0 Å². The summed E-state index contributed by atoms with van der Waals surface area (Å²) in [6.45, 7) is 4.90. The number of amides is 1. The second-order valence-corrected chi connectivity index (χ2v) is 6.04. The van der Waals surface area contributed by atoms with Gasteiger partial charge in [0.2, 0.25) is 0 Å². The van der Waals surface area contributed by atoms with Gasteiger partial charge in [-0.05, 0) is 30.9 Å². The molecule has 0 saturated carbocycles. The van der Waals surface area contributed by atoms with Crippen molar-refractivity contribution in [2.75, 3.05) is 25.0 Å². The molecule has 2 N–H and O–H groups in total. The van der Waals surface area contributed by atoms with Gasteiger partial charge in [0.15, 0.2) is 6.54 Å². The van der Waals surface area contributed by atoms with E-state index in [0.717, 1.165) is 19.0 Å². The van der Waals surface area contributed by atoms with Crippen molar-refractivity contribution in [2.45, 2.75) is 19.8 Å². The van der Waals surface area contributed by atoms with Crippen molar-refractivity contribution < 1.29 is 9.69 Å². The number of nitrogens with one attached hydrogen (secondary N) is 2. The number of likely N-dealkylation sites (tertiary alicyclic amines) is 1. The summed E-state index contributed by atoms with van der Waals surface area (Å²) in [7, 11) is 0. The summed E-state index contributed by atoms with van der Waals surface area (Å²) in [6.07, 6.45) is 2.39. The molecule has 0 atom stereocenters. The average molecular weight is 302 g/mol. The van der Waals surface area contributed by atoms with Crippen molar-refractivity contribution in [3.8, 4) is 0 Å². The molecule has 104 valence electrons. The normalized spacial score (nSPS) is 23.1. The van der Waals surface area contributed by atoms with Crippen LogP contribution in [0.1, 0.15) is 19.8 Å². The van der Waals surface area contributed by atoms with Crippen molar-refractivity contribution in [1.82, 2.24) is 0 Å². The van der Waals surface area contributed by atoms with E-state index in [0.29, 0.717) is 22.3 Å². The number of anilines is 1. The second kappa shape index (κ2) is 6.60. The molecule has 1 amide bonds. The van der Waals surface area contributed by atoms with Crippen LogP contribution in [0.4, 0.5) is 5.69 Å². The fourth-order valence-corrected chi connectivity index (χ4v) is 2.72. The summed E-state index contributed by atoms with van der Waals surface area (Å²) < 4.78 is 0. The molecule has 0 aliphatic carbocycles. The molecule has 3 nitrogen and oxygen atoms in total. The van der Waals surface area contributed by atoms with Crippen molar-refractivity contribution in [3.63, 3.8) is 0 Å². The van der Waals surface area contributed by atoms with E-state index in [9.17, 15) is 4.79 Å². The number of halogens is 2. The lowest BCUT2D eigenvalue weighted by atomic mass is 9.99. The Morgan fingerprint density at radius 3 is 2.74 bits per heavy atom. The Kier molecular flexibility index (Phi) is 5.08. The van der Waals surface area contributed by atoms with Crippen LogP contribution >= 0.6 is 23.2 Å². The van der Waals surface area contributed by atoms with Crippen LogP contribution in [0.5, 0.6) is 0 Å². The van der Waals surface area contributed by atoms with Gasteiger partial charge in [-0.15, -0.1) is 0 Å².